The van der Waals surface area contributed by atoms with E-state index < -0.39 is 10.0 Å². The molecule has 2 heterocycles. The van der Waals surface area contributed by atoms with Crippen molar-refractivity contribution < 1.29 is 18.0 Å². The number of hydrogen-bond donors (Lipinski definition) is 2. The van der Waals surface area contributed by atoms with Crippen LogP contribution in [0.1, 0.15) is 31.2 Å². The number of carbonyl (C=O) groups excluding carboxylic acids is 2. The number of nitrogens with zero attached hydrogens (tertiary/aromatic N) is 2. The molecule has 27 heavy (non-hydrogen) atoms. The lowest BCUT2D eigenvalue weighted by Gasteiger charge is -2.34. The van der Waals surface area contributed by atoms with Crippen molar-refractivity contribution in [2.75, 3.05) is 26.2 Å². The number of nitrogens with two attached hydrogens (primary N) is 1. The van der Waals surface area contributed by atoms with Crippen LogP contribution >= 0.6 is 0 Å². The number of hydrogen-bond acceptors (Lipinski definition) is 4. The molecule has 1 atom stereocenters. The first-order chi connectivity index (χ1) is 12.8. The maximum Gasteiger partial charge on any atom is 0.320 e. The van der Waals surface area contributed by atoms with Crippen molar-refractivity contribution in [3.8, 4) is 0 Å². The summed E-state index contributed by atoms with van der Waals surface area (Å²) in [5.41, 5.74) is 0.663. The maximum atomic E-state index is 12.5. The quantitative estimate of drug-likeness (QED) is 0.789. The first-order valence-electron chi connectivity index (χ1n) is 9.28. The highest BCUT2D eigenvalue weighted by Crippen LogP contribution is 2.20. The van der Waals surface area contributed by atoms with Gasteiger partial charge in [-0.1, -0.05) is 12.1 Å². The van der Waals surface area contributed by atoms with Crippen molar-refractivity contribution in [2.45, 2.75) is 37.1 Å². The number of rotatable bonds is 4. The molecule has 2 aliphatic rings. The Morgan fingerprint density at radius 1 is 1.11 bits per heavy atom. The molecule has 1 aromatic carbocycles. The molecule has 0 spiro atoms. The molecule has 9 heteroatoms. The molecule has 0 bridgehead atoms. The fraction of sp³-hybridized carbons (Fsp3) is 0.556. The third-order valence-electron chi connectivity index (χ3n) is 5.13. The van der Waals surface area contributed by atoms with Crippen LogP contribution in [0.3, 0.4) is 0 Å². The number of amides is 3. The average molecular weight is 394 g/mol. The van der Waals surface area contributed by atoms with Gasteiger partial charge >= 0.3 is 6.03 Å². The molecule has 3 amide bonds. The van der Waals surface area contributed by atoms with Gasteiger partial charge in [0.2, 0.25) is 15.9 Å². The van der Waals surface area contributed by atoms with E-state index in [1.807, 2.05) is 4.90 Å². The monoisotopic (exact) mass is 394 g/mol. The Morgan fingerprint density at radius 3 is 2.52 bits per heavy atom. The van der Waals surface area contributed by atoms with E-state index in [1.54, 1.807) is 17.0 Å². The predicted molar refractivity (Wildman–Crippen MR) is 100 cm³/mol. The molecule has 3 rings (SSSR count). The van der Waals surface area contributed by atoms with E-state index in [-0.39, 0.29) is 29.3 Å². The molecule has 0 aromatic heterocycles. The zero-order valence-electron chi connectivity index (χ0n) is 15.3. The zero-order valence-corrected chi connectivity index (χ0v) is 16.1. The third-order valence-corrected chi connectivity index (χ3v) is 6.04. The number of nitrogens with one attached hydrogen (secondary N) is 1. The summed E-state index contributed by atoms with van der Waals surface area (Å²) in [5.74, 6) is -0.360. The number of primary sulfonamides is 1. The molecule has 0 unspecified atom stereocenters. The van der Waals surface area contributed by atoms with Crippen molar-refractivity contribution in [3.05, 3.63) is 29.8 Å². The summed E-state index contributed by atoms with van der Waals surface area (Å²) in [6, 6.07) is 6.24. The Bertz CT molecular complexity index is 805. The first kappa shape index (κ1) is 19.6. The van der Waals surface area contributed by atoms with Crippen molar-refractivity contribution in [3.63, 3.8) is 0 Å². The highest BCUT2D eigenvalue weighted by Gasteiger charge is 2.31. The summed E-state index contributed by atoms with van der Waals surface area (Å²) in [7, 11) is -3.77. The molecule has 2 saturated heterocycles. The molecule has 2 aliphatic heterocycles. The largest absolute Gasteiger partial charge is 0.352 e. The Hall–Kier alpha value is -2.13. The van der Waals surface area contributed by atoms with Gasteiger partial charge in [-0.05, 0) is 43.4 Å². The number of carbonyl (C=O) groups is 2. The lowest BCUT2D eigenvalue weighted by molar-refractivity contribution is -0.126. The molecule has 3 N–H and O–H groups in total. The van der Waals surface area contributed by atoms with E-state index in [2.05, 4.69) is 5.32 Å². The van der Waals surface area contributed by atoms with Crippen LogP contribution < -0.4 is 10.5 Å². The molecule has 8 nitrogen and oxygen atoms in total. The third kappa shape index (κ3) is 4.98. The second kappa shape index (κ2) is 8.26. The predicted octanol–water partition coefficient (Wildman–Crippen LogP) is 0.878. The van der Waals surface area contributed by atoms with Gasteiger partial charge in [-0.25, -0.2) is 18.4 Å². The summed E-state index contributed by atoms with van der Waals surface area (Å²) in [6.45, 7) is 2.94. The number of urea groups is 1. The summed E-state index contributed by atoms with van der Waals surface area (Å²) in [6.07, 6.45) is 3.63. The van der Waals surface area contributed by atoms with Crippen LogP contribution in [-0.4, -0.2) is 56.3 Å². The summed E-state index contributed by atoms with van der Waals surface area (Å²) < 4.78 is 22.9. The normalized spacial score (nSPS) is 20.6. The molecule has 2 fully saturated rings. The highest BCUT2D eigenvalue weighted by atomic mass is 32.2. The van der Waals surface area contributed by atoms with E-state index in [0.29, 0.717) is 18.7 Å². The van der Waals surface area contributed by atoms with Gasteiger partial charge in [0, 0.05) is 32.7 Å². The van der Waals surface area contributed by atoms with Crippen LogP contribution in [0.25, 0.3) is 0 Å². The number of likely N-dealkylation sites (tertiary alicyclic amines) is 2. The zero-order chi connectivity index (χ0) is 19.4. The topological polar surface area (TPSA) is 113 Å². The van der Waals surface area contributed by atoms with Crippen LogP contribution in [0, 0.1) is 5.92 Å². The van der Waals surface area contributed by atoms with Gasteiger partial charge < -0.3 is 15.1 Å². The van der Waals surface area contributed by atoms with Crippen LogP contribution in [0.2, 0.25) is 0 Å². The molecule has 0 saturated carbocycles. The van der Waals surface area contributed by atoms with Gasteiger partial charge in [-0.15, -0.1) is 0 Å². The molecular weight excluding hydrogens is 368 g/mol. The Morgan fingerprint density at radius 2 is 1.81 bits per heavy atom. The fourth-order valence-corrected chi connectivity index (χ4v) is 4.22. The van der Waals surface area contributed by atoms with Gasteiger partial charge in [0.1, 0.15) is 0 Å². The van der Waals surface area contributed by atoms with Crippen molar-refractivity contribution in [1.82, 2.24) is 15.1 Å². The lowest BCUT2D eigenvalue weighted by Crippen LogP contribution is -2.49. The Balaban J connectivity index is 1.55. The van der Waals surface area contributed by atoms with Gasteiger partial charge in [-0.2, -0.15) is 0 Å². The molecular formula is C18H26N4O4S. The van der Waals surface area contributed by atoms with E-state index in [4.69, 9.17) is 5.14 Å². The fourth-order valence-electron chi connectivity index (χ4n) is 3.64. The smallest absolute Gasteiger partial charge is 0.320 e. The summed E-state index contributed by atoms with van der Waals surface area (Å²) in [5, 5.41) is 7.99. The Labute approximate surface area is 159 Å². The van der Waals surface area contributed by atoms with Gasteiger partial charge in [0.25, 0.3) is 0 Å². The van der Waals surface area contributed by atoms with E-state index >= 15 is 0 Å². The first-order valence-corrected chi connectivity index (χ1v) is 10.8. The van der Waals surface area contributed by atoms with Crippen LogP contribution in [-0.2, 0) is 21.4 Å². The lowest BCUT2D eigenvalue weighted by atomic mass is 9.97. The van der Waals surface area contributed by atoms with Gasteiger partial charge in [0.05, 0.1) is 10.8 Å². The van der Waals surface area contributed by atoms with E-state index in [9.17, 15) is 18.0 Å². The minimum Gasteiger partial charge on any atom is -0.352 e. The van der Waals surface area contributed by atoms with E-state index in [1.165, 1.54) is 12.1 Å². The van der Waals surface area contributed by atoms with Crippen molar-refractivity contribution in [1.29, 1.82) is 0 Å². The van der Waals surface area contributed by atoms with Gasteiger partial charge in [-0.3, -0.25) is 4.79 Å². The average Bonchev–Trinajstić information content (AvgIpc) is 3.20. The number of piperidine rings is 1. The van der Waals surface area contributed by atoms with Crippen LogP contribution in [0.5, 0.6) is 0 Å². The molecule has 0 radical (unpaired) electrons. The second-order valence-electron chi connectivity index (χ2n) is 7.17. The second-order valence-corrected chi connectivity index (χ2v) is 8.73. The summed E-state index contributed by atoms with van der Waals surface area (Å²) >= 11 is 0. The summed E-state index contributed by atoms with van der Waals surface area (Å²) in [4.78, 5) is 28.7. The van der Waals surface area contributed by atoms with Crippen molar-refractivity contribution in [2.24, 2.45) is 11.1 Å². The highest BCUT2D eigenvalue weighted by molar-refractivity contribution is 7.89. The Kier molecular flexibility index (Phi) is 6.01. The van der Waals surface area contributed by atoms with Crippen molar-refractivity contribution >= 4 is 22.0 Å². The number of sulfonamides is 1. The van der Waals surface area contributed by atoms with Crippen LogP contribution in [0.15, 0.2) is 29.2 Å². The SMILES string of the molecule is NS(=O)(=O)c1cccc(CNC(=O)[C@@H]2CCCN(C(=O)N3CCCC3)C2)c1. The molecule has 148 valence electrons. The maximum absolute atomic E-state index is 12.5. The van der Waals surface area contributed by atoms with E-state index in [0.717, 1.165) is 38.8 Å². The van der Waals surface area contributed by atoms with Crippen LogP contribution in [0.4, 0.5) is 4.79 Å². The molecule has 0 aliphatic carbocycles. The standard InChI is InChI=1S/C18H26N4O4S/c19-27(25,26)16-7-3-5-14(11-16)12-20-17(23)15-6-4-10-22(13-15)18(24)21-8-1-2-9-21/h3,5,7,11,15H,1-2,4,6,8-10,12-13H2,(H,20,23)(H2,19,25,26)/t15-/m1/s1. The van der Waals surface area contributed by atoms with Gasteiger partial charge in [0.15, 0.2) is 0 Å². The molecule has 1 aromatic rings. The minimum atomic E-state index is -3.77. The minimum absolute atomic E-state index is 0.0225. The number of benzene rings is 1.